The summed E-state index contributed by atoms with van der Waals surface area (Å²) >= 11 is 0. The molecule has 0 aromatic rings. The van der Waals surface area contributed by atoms with E-state index >= 15 is 0 Å². The molecular formula is C13H27O6P. The van der Waals surface area contributed by atoms with Crippen LogP contribution in [0.4, 0.5) is 0 Å². The van der Waals surface area contributed by atoms with Crippen molar-refractivity contribution in [2.45, 2.75) is 64.7 Å². The second-order valence-corrected chi connectivity index (χ2v) is 6.15. The van der Waals surface area contributed by atoms with Crippen molar-refractivity contribution in [2.75, 3.05) is 13.2 Å². The van der Waals surface area contributed by atoms with Crippen molar-refractivity contribution in [2.24, 2.45) is 0 Å². The number of aliphatic carboxylic acids is 1. The number of hydrogen-bond donors (Lipinski definition) is 2. The third-order valence-electron chi connectivity index (χ3n) is 2.83. The van der Waals surface area contributed by atoms with Gasteiger partial charge >= 0.3 is 13.8 Å². The third-order valence-corrected chi connectivity index (χ3v) is 3.93. The van der Waals surface area contributed by atoms with Crippen LogP contribution in [0, 0.1) is 0 Å². The van der Waals surface area contributed by atoms with Gasteiger partial charge in [-0.1, -0.05) is 38.5 Å². The molecule has 0 saturated heterocycles. The molecule has 20 heavy (non-hydrogen) atoms. The topological polar surface area (TPSA) is 93.1 Å². The van der Waals surface area contributed by atoms with Crippen molar-refractivity contribution in [1.82, 2.24) is 0 Å². The van der Waals surface area contributed by atoms with Crippen LogP contribution in [-0.4, -0.2) is 29.2 Å². The lowest BCUT2D eigenvalue weighted by molar-refractivity contribution is -0.137. The summed E-state index contributed by atoms with van der Waals surface area (Å²) in [6, 6.07) is 0. The monoisotopic (exact) mass is 310 g/mol. The minimum absolute atomic E-state index is 0.162. The van der Waals surface area contributed by atoms with Gasteiger partial charge in [0.1, 0.15) is 0 Å². The van der Waals surface area contributed by atoms with E-state index in [0.29, 0.717) is 0 Å². The summed E-state index contributed by atoms with van der Waals surface area (Å²) in [4.78, 5) is 19.4. The Bertz CT molecular complexity index is 295. The van der Waals surface area contributed by atoms with Crippen molar-refractivity contribution >= 4 is 13.8 Å². The summed E-state index contributed by atoms with van der Waals surface area (Å²) < 4.78 is 20.5. The smallest absolute Gasteiger partial charge is 0.472 e. The van der Waals surface area contributed by atoms with Gasteiger partial charge in [0.25, 0.3) is 0 Å². The molecule has 7 heteroatoms. The second-order valence-electron chi connectivity index (χ2n) is 4.69. The van der Waals surface area contributed by atoms with Crippen molar-refractivity contribution in [3.63, 3.8) is 0 Å². The van der Waals surface area contributed by atoms with Gasteiger partial charge in [-0.15, -0.1) is 0 Å². The summed E-state index contributed by atoms with van der Waals surface area (Å²) in [7, 11) is -3.82. The molecule has 0 heterocycles. The van der Waals surface area contributed by atoms with Gasteiger partial charge in [0.15, 0.2) is 0 Å². The molecule has 0 aromatic carbocycles. The highest BCUT2D eigenvalue weighted by molar-refractivity contribution is 7.47. The zero-order chi connectivity index (χ0) is 15.3. The summed E-state index contributed by atoms with van der Waals surface area (Å²) in [6.07, 6.45) is 8.04. The quantitative estimate of drug-likeness (QED) is 0.375. The van der Waals surface area contributed by atoms with Gasteiger partial charge in [0, 0.05) is 6.42 Å². The standard InChI is InChI=1S/C13H27O6P/c1-2-18-20(16,17)19-12-10-8-6-4-3-5-7-9-11-13(14)15/h2-12H2,1H3,(H,14,15)(H,16,17). The van der Waals surface area contributed by atoms with E-state index in [1.807, 2.05) is 0 Å². The SMILES string of the molecule is CCOP(=O)(O)OCCCCCCCCCCC(=O)O. The first kappa shape index (κ1) is 19.6. The lowest BCUT2D eigenvalue weighted by Crippen LogP contribution is -1.96. The van der Waals surface area contributed by atoms with E-state index in [2.05, 4.69) is 4.52 Å². The normalized spacial score (nSPS) is 14.1. The molecule has 0 aliphatic heterocycles. The predicted octanol–water partition coefficient (Wildman–Crippen LogP) is 3.74. The fraction of sp³-hybridized carbons (Fsp3) is 0.923. The average Bonchev–Trinajstić information content (AvgIpc) is 2.35. The molecule has 1 unspecified atom stereocenters. The minimum Gasteiger partial charge on any atom is -0.481 e. The van der Waals surface area contributed by atoms with Crippen molar-refractivity contribution in [1.29, 1.82) is 0 Å². The van der Waals surface area contributed by atoms with Crippen LogP contribution < -0.4 is 0 Å². The number of carbonyl (C=O) groups is 1. The van der Waals surface area contributed by atoms with Gasteiger partial charge in [0.05, 0.1) is 13.2 Å². The second kappa shape index (κ2) is 12.3. The molecule has 0 aliphatic rings. The first-order valence-corrected chi connectivity index (χ1v) is 8.81. The largest absolute Gasteiger partial charge is 0.481 e. The fourth-order valence-corrected chi connectivity index (χ4v) is 2.58. The maximum absolute atomic E-state index is 11.2. The van der Waals surface area contributed by atoms with Crippen LogP contribution >= 0.6 is 7.82 Å². The molecule has 0 radical (unpaired) electrons. The first-order chi connectivity index (χ1) is 9.48. The zero-order valence-corrected chi connectivity index (χ0v) is 13.1. The van der Waals surface area contributed by atoms with Crippen molar-refractivity contribution < 1.29 is 28.4 Å². The van der Waals surface area contributed by atoms with E-state index < -0.39 is 13.8 Å². The highest BCUT2D eigenvalue weighted by atomic mass is 31.2. The molecule has 0 fully saturated rings. The molecule has 120 valence electrons. The molecule has 0 spiro atoms. The van der Waals surface area contributed by atoms with Crippen LogP contribution in [-0.2, 0) is 18.4 Å². The number of unbranched alkanes of at least 4 members (excludes halogenated alkanes) is 7. The maximum Gasteiger partial charge on any atom is 0.472 e. The fourth-order valence-electron chi connectivity index (χ4n) is 1.82. The number of hydrogen-bond acceptors (Lipinski definition) is 4. The molecule has 0 bridgehead atoms. The van der Waals surface area contributed by atoms with E-state index in [1.54, 1.807) is 6.92 Å². The van der Waals surface area contributed by atoms with Gasteiger partial charge in [0.2, 0.25) is 0 Å². The number of rotatable bonds is 14. The Hall–Kier alpha value is -0.420. The molecule has 0 aromatic heterocycles. The molecular weight excluding hydrogens is 283 g/mol. The molecule has 0 saturated carbocycles. The third kappa shape index (κ3) is 14.0. The molecule has 0 aliphatic carbocycles. The summed E-state index contributed by atoms with van der Waals surface area (Å²) in [5, 5.41) is 8.47. The van der Waals surface area contributed by atoms with E-state index in [0.717, 1.165) is 51.4 Å². The Morgan fingerprint density at radius 2 is 1.45 bits per heavy atom. The van der Waals surface area contributed by atoms with Crippen LogP contribution in [0.5, 0.6) is 0 Å². The molecule has 0 amide bonds. The minimum atomic E-state index is -3.82. The average molecular weight is 310 g/mol. The first-order valence-electron chi connectivity index (χ1n) is 7.31. The predicted molar refractivity (Wildman–Crippen MR) is 76.6 cm³/mol. The highest BCUT2D eigenvalue weighted by Crippen LogP contribution is 2.42. The van der Waals surface area contributed by atoms with Gasteiger partial charge in [-0.3, -0.25) is 13.8 Å². The van der Waals surface area contributed by atoms with Crippen molar-refractivity contribution in [3.05, 3.63) is 0 Å². The van der Waals surface area contributed by atoms with Crippen LogP contribution in [0.15, 0.2) is 0 Å². The van der Waals surface area contributed by atoms with Crippen LogP contribution in [0.1, 0.15) is 64.7 Å². The van der Waals surface area contributed by atoms with Crippen LogP contribution in [0.2, 0.25) is 0 Å². The Labute approximate surface area is 121 Å². The summed E-state index contributed by atoms with van der Waals surface area (Å²) in [5.74, 6) is -0.724. The van der Waals surface area contributed by atoms with Crippen LogP contribution in [0.25, 0.3) is 0 Å². The van der Waals surface area contributed by atoms with E-state index in [-0.39, 0.29) is 19.6 Å². The Morgan fingerprint density at radius 3 is 1.95 bits per heavy atom. The number of phosphoric acid groups is 1. The number of carboxylic acid groups (broad SMARTS) is 1. The highest BCUT2D eigenvalue weighted by Gasteiger charge is 2.18. The Morgan fingerprint density at radius 1 is 0.950 bits per heavy atom. The number of carboxylic acids is 1. The molecule has 6 nitrogen and oxygen atoms in total. The summed E-state index contributed by atoms with van der Waals surface area (Å²) in [6.45, 7) is 2.05. The summed E-state index contributed by atoms with van der Waals surface area (Å²) in [5.41, 5.74) is 0. The van der Waals surface area contributed by atoms with E-state index in [9.17, 15) is 9.36 Å². The molecule has 1 atom stereocenters. The Kier molecular flexibility index (Phi) is 12.1. The Balaban J connectivity index is 3.21. The van der Waals surface area contributed by atoms with E-state index in [1.165, 1.54) is 0 Å². The molecule has 2 N–H and O–H groups in total. The van der Waals surface area contributed by atoms with E-state index in [4.69, 9.17) is 14.5 Å². The van der Waals surface area contributed by atoms with Gasteiger partial charge < -0.3 is 10.00 Å². The van der Waals surface area contributed by atoms with Gasteiger partial charge in [-0.2, -0.15) is 0 Å². The maximum atomic E-state index is 11.2. The van der Waals surface area contributed by atoms with Gasteiger partial charge in [-0.25, -0.2) is 4.57 Å². The van der Waals surface area contributed by atoms with Gasteiger partial charge in [-0.05, 0) is 19.8 Å². The van der Waals surface area contributed by atoms with Crippen molar-refractivity contribution in [3.8, 4) is 0 Å². The number of phosphoric ester groups is 1. The lowest BCUT2D eigenvalue weighted by Gasteiger charge is -2.10. The lowest BCUT2D eigenvalue weighted by atomic mass is 10.1. The zero-order valence-electron chi connectivity index (χ0n) is 12.3. The van der Waals surface area contributed by atoms with Crippen LogP contribution in [0.3, 0.4) is 0 Å². The molecule has 0 rings (SSSR count).